The molecule has 10 nitrogen and oxygen atoms in total. The van der Waals surface area contributed by atoms with Crippen molar-refractivity contribution in [3.8, 4) is 0 Å². The number of aromatic nitrogens is 3. The number of aliphatic imine (C=N–C) groups is 1. The van der Waals surface area contributed by atoms with Crippen LogP contribution in [0.1, 0.15) is 29.6 Å². The molecule has 3 N–H and O–H groups in total. The standard InChI is InChI=1S/C22H32N8O2.HI/c1-16-27-28-20(29(16)2)15-25-22(23-7-8-30-9-11-32-12-10-30)24-14-17-13-21(31)26-19-6-4-3-5-18(17)19;/h3-6,17H,7-15H2,1-2H3,(H,26,31)(H2,23,24,25);1H. The quantitative estimate of drug-likeness (QED) is 0.262. The van der Waals surface area contributed by atoms with Gasteiger partial charge in [-0.05, 0) is 18.6 Å². The van der Waals surface area contributed by atoms with Crippen LogP contribution in [0.4, 0.5) is 5.69 Å². The minimum absolute atomic E-state index is 0. The molecule has 1 atom stereocenters. The molecule has 1 fully saturated rings. The summed E-state index contributed by atoms with van der Waals surface area (Å²) in [6.45, 7) is 8.12. The molecule has 1 amide bonds. The van der Waals surface area contributed by atoms with Gasteiger partial charge >= 0.3 is 0 Å². The number of nitrogens with zero attached hydrogens (tertiary/aromatic N) is 5. The van der Waals surface area contributed by atoms with Gasteiger partial charge in [-0.15, -0.1) is 34.2 Å². The molecule has 2 aliphatic heterocycles. The first-order valence-corrected chi connectivity index (χ1v) is 11.2. The number of halogens is 1. The molecule has 2 aromatic rings. The predicted octanol–water partition coefficient (Wildman–Crippen LogP) is 1.23. The average Bonchev–Trinajstić information content (AvgIpc) is 3.13. The summed E-state index contributed by atoms with van der Waals surface area (Å²) in [5.74, 6) is 2.50. The molecule has 1 aromatic heterocycles. The molecular weight excluding hydrogens is 535 g/mol. The number of guanidine groups is 1. The lowest BCUT2D eigenvalue weighted by molar-refractivity contribution is -0.116. The first kappa shape index (κ1) is 25.4. The van der Waals surface area contributed by atoms with Crippen LogP contribution < -0.4 is 16.0 Å². The number of ether oxygens (including phenoxy) is 1. The number of morpholine rings is 1. The summed E-state index contributed by atoms with van der Waals surface area (Å²) in [6.07, 6.45) is 0.452. The predicted molar refractivity (Wildman–Crippen MR) is 138 cm³/mol. The van der Waals surface area contributed by atoms with Crippen molar-refractivity contribution < 1.29 is 9.53 Å². The molecule has 1 unspecified atom stereocenters. The third-order valence-corrected chi connectivity index (χ3v) is 6.01. The van der Waals surface area contributed by atoms with Crippen LogP contribution in [0.25, 0.3) is 0 Å². The molecule has 1 saturated heterocycles. The fraction of sp³-hybridized carbons (Fsp3) is 0.545. The zero-order valence-corrected chi connectivity index (χ0v) is 21.5. The lowest BCUT2D eigenvalue weighted by atomic mass is 9.90. The van der Waals surface area contributed by atoms with Crippen LogP contribution >= 0.6 is 24.0 Å². The molecule has 4 rings (SSSR count). The van der Waals surface area contributed by atoms with Gasteiger partial charge in [0.05, 0.1) is 13.2 Å². The van der Waals surface area contributed by atoms with Crippen molar-refractivity contribution in [1.82, 2.24) is 30.3 Å². The summed E-state index contributed by atoms with van der Waals surface area (Å²) in [6, 6.07) is 7.98. The Kier molecular flexibility index (Phi) is 9.44. The maximum atomic E-state index is 12.2. The van der Waals surface area contributed by atoms with Crippen molar-refractivity contribution in [2.75, 3.05) is 51.3 Å². The van der Waals surface area contributed by atoms with Crippen LogP contribution in [0.15, 0.2) is 29.3 Å². The molecule has 180 valence electrons. The van der Waals surface area contributed by atoms with Crippen molar-refractivity contribution in [3.05, 3.63) is 41.5 Å². The third-order valence-electron chi connectivity index (χ3n) is 6.01. The normalized spacial score (nSPS) is 18.8. The van der Waals surface area contributed by atoms with Crippen LogP contribution in [-0.4, -0.2) is 77.5 Å². The number of benzene rings is 1. The smallest absolute Gasteiger partial charge is 0.225 e. The second-order valence-corrected chi connectivity index (χ2v) is 8.19. The summed E-state index contributed by atoms with van der Waals surface area (Å²) in [7, 11) is 1.94. The van der Waals surface area contributed by atoms with Gasteiger partial charge in [-0.1, -0.05) is 18.2 Å². The number of carbonyl (C=O) groups is 1. The van der Waals surface area contributed by atoms with E-state index in [4.69, 9.17) is 9.73 Å². The van der Waals surface area contributed by atoms with E-state index in [1.807, 2.05) is 36.7 Å². The SMILES string of the molecule is Cc1nnc(CN=C(NCCN2CCOCC2)NCC2CC(=O)Nc3ccccc32)n1C.I. The highest BCUT2D eigenvalue weighted by Crippen LogP contribution is 2.31. The Labute approximate surface area is 211 Å². The number of carbonyl (C=O) groups excluding carboxylic acids is 1. The molecule has 11 heteroatoms. The Morgan fingerprint density at radius 2 is 2.03 bits per heavy atom. The zero-order valence-electron chi connectivity index (χ0n) is 19.2. The highest BCUT2D eigenvalue weighted by atomic mass is 127. The summed E-state index contributed by atoms with van der Waals surface area (Å²) in [4.78, 5) is 19.3. The van der Waals surface area contributed by atoms with Gasteiger partial charge in [-0.2, -0.15) is 0 Å². The lowest BCUT2D eigenvalue weighted by Crippen LogP contribution is -2.45. The van der Waals surface area contributed by atoms with Crippen molar-refractivity contribution >= 4 is 41.5 Å². The largest absolute Gasteiger partial charge is 0.379 e. The molecule has 0 bridgehead atoms. The zero-order chi connectivity index (χ0) is 22.3. The summed E-state index contributed by atoms with van der Waals surface area (Å²) < 4.78 is 7.37. The van der Waals surface area contributed by atoms with Crippen molar-refractivity contribution in [2.24, 2.45) is 12.0 Å². The first-order valence-electron chi connectivity index (χ1n) is 11.2. The van der Waals surface area contributed by atoms with Crippen LogP contribution in [0.2, 0.25) is 0 Å². The van der Waals surface area contributed by atoms with Gasteiger partial charge in [-0.25, -0.2) is 4.99 Å². The lowest BCUT2D eigenvalue weighted by Gasteiger charge is -2.28. The number of anilines is 1. The molecule has 0 radical (unpaired) electrons. The first-order chi connectivity index (χ1) is 15.6. The number of hydrogen-bond acceptors (Lipinski definition) is 6. The van der Waals surface area contributed by atoms with E-state index in [1.165, 1.54) is 0 Å². The van der Waals surface area contributed by atoms with Gasteiger partial charge in [-0.3, -0.25) is 9.69 Å². The highest BCUT2D eigenvalue weighted by molar-refractivity contribution is 14.0. The fourth-order valence-electron chi connectivity index (χ4n) is 3.97. The summed E-state index contributed by atoms with van der Waals surface area (Å²) in [5, 5.41) is 18.2. The summed E-state index contributed by atoms with van der Waals surface area (Å²) >= 11 is 0. The molecule has 33 heavy (non-hydrogen) atoms. The Bertz CT molecular complexity index is 958. The van der Waals surface area contributed by atoms with Crippen LogP contribution in [0.3, 0.4) is 0 Å². The molecule has 3 heterocycles. The van der Waals surface area contributed by atoms with Crippen LogP contribution in [-0.2, 0) is 23.1 Å². The van der Waals surface area contributed by atoms with E-state index in [0.29, 0.717) is 25.5 Å². The number of hydrogen-bond donors (Lipinski definition) is 3. The third kappa shape index (κ3) is 6.87. The van der Waals surface area contributed by atoms with Gasteiger partial charge in [0.2, 0.25) is 5.91 Å². The van der Waals surface area contributed by atoms with Crippen molar-refractivity contribution in [1.29, 1.82) is 0 Å². The van der Waals surface area contributed by atoms with Crippen LogP contribution in [0, 0.1) is 6.92 Å². The number of fused-ring (bicyclic) bond motifs is 1. The Morgan fingerprint density at radius 3 is 2.79 bits per heavy atom. The molecule has 2 aliphatic rings. The number of nitrogens with one attached hydrogen (secondary N) is 3. The van der Waals surface area contributed by atoms with Crippen molar-refractivity contribution in [2.45, 2.75) is 25.8 Å². The highest BCUT2D eigenvalue weighted by Gasteiger charge is 2.24. The van der Waals surface area contributed by atoms with Gasteiger partial charge in [0.25, 0.3) is 0 Å². The average molecular weight is 568 g/mol. The topological polar surface area (TPSA) is 109 Å². The van der Waals surface area contributed by atoms with E-state index < -0.39 is 0 Å². The Morgan fingerprint density at radius 1 is 1.24 bits per heavy atom. The van der Waals surface area contributed by atoms with E-state index >= 15 is 0 Å². The second-order valence-electron chi connectivity index (χ2n) is 8.19. The maximum absolute atomic E-state index is 12.2. The number of para-hydroxylation sites is 1. The Hall–Kier alpha value is -2.25. The maximum Gasteiger partial charge on any atom is 0.225 e. The number of rotatable bonds is 7. The number of aryl methyl sites for hydroxylation is 1. The van der Waals surface area contributed by atoms with Gasteiger partial charge in [0.15, 0.2) is 11.8 Å². The van der Waals surface area contributed by atoms with Gasteiger partial charge in [0, 0.05) is 57.8 Å². The Balaban J connectivity index is 0.00000306. The van der Waals surface area contributed by atoms with E-state index in [9.17, 15) is 4.79 Å². The van der Waals surface area contributed by atoms with E-state index in [1.54, 1.807) is 0 Å². The fourth-order valence-corrected chi connectivity index (χ4v) is 3.97. The van der Waals surface area contributed by atoms with E-state index in [-0.39, 0.29) is 35.8 Å². The minimum atomic E-state index is 0. The minimum Gasteiger partial charge on any atom is -0.379 e. The van der Waals surface area contributed by atoms with E-state index in [2.05, 4.69) is 37.1 Å². The molecule has 0 saturated carbocycles. The van der Waals surface area contributed by atoms with E-state index in [0.717, 1.165) is 62.3 Å². The van der Waals surface area contributed by atoms with Crippen molar-refractivity contribution in [3.63, 3.8) is 0 Å². The number of amides is 1. The molecule has 0 spiro atoms. The van der Waals surface area contributed by atoms with Gasteiger partial charge < -0.3 is 25.3 Å². The molecular formula is C22H33IN8O2. The van der Waals surface area contributed by atoms with Gasteiger partial charge in [0.1, 0.15) is 12.4 Å². The molecule has 0 aliphatic carbocycles. The second kappa shape index (κ2) is 12.3. The molecule has 1 aromatic carbocycles. The monoisotopic (exact) mass is 568 g/mol. The van der Waals surface area contributed by atoms with Crippen LogP contribution in [0.5, 0.6) is 0 Å². The summed E-state index contributed by atoms with van der Waals surface area (Å²) in [5.41, 5.74) is 2.04.